The highest BCUT2D eigenvalue weighted by molar-refractivity contribution is 7.85. The highest BCUT2D eigenvalue weighted by atomic mass is 35.5. The van der Waals surface area contributed by atoms with Crippen molar-refractivity contribution < 1.29 is 8.60 Å². The van der Waals surface area contributed by atoms with Crippen molar-refractivity contribution >= 4 is 22.4 Å². The summed E-state index contributed by atoms with van der Waals surface area (Å²) < 4.78 is 27.3. The molecule has 1 aliphatic heterocycles. The third-order valence-corrected chi connectivity index (χ3v) is 4.62. The molecule has 5 nitrogen and oxygen atoms in total. The molecule has 1 aromatic carbocycles. The highest BCUT2D eigenvalue weighted by Crippen LogP contribution is 2.41. The third-order valence-electron chi connectivity index (χ3n) is 3.31. The molecule has 0 fully saturated rings. The Hall–Kier alpha value is -1.78. The average molecular weight is 325 g/mol. The summed E-state index contributed by atoms with van der Waals surface area (Å²) in [6.07, 6.45) is -1.09. The molecule has 108 valence electrons. The van der Waals surface area contributed by atoms with Crippen molar-refractivity contribution in [1.82, 2.24) is 14.8 Å². The fourth-order valence-corrected chi connectivity index (χ4v) is 3.27. The van der Waals surface area contributed by atoms with Gasteiger partial charge in [-0.3, -0.25) is 0 Å². The smallest absolute Gasteiger partial charge is 0.240 e. The molecule has 2 heterocycles. The number of aromatic nitrogens is 3. The zero-order valence-electron chi connectivity index (χ0n) is 10.7. The minimum Gasteiger partial charge on any atom is -0.250 e. The van der Waals surface area contributed by atoms with Crippen LogP contribution in [0.3, 0.4) is 0 Å². The Morgan fingerprint density at radius 2 is 2.29 bits per heavy atom. The molecule has 0 N–H and O–H groups in total. The Labute approximate surface area is 127 Å². The molecule has 0 spiro atoms. The molecule has 1 aliphatic rings. The van der Waals surface area contributed by atoms with Crippen molar-refractivity contribution in [3.05, 3.63) is 40.7 Å². The lowest BCUT2D eigenvalue weighted by molar-refractivity contribution is 0.327. The van der Waals surface area contributed by atoms with Gasteiger partial charge in [-0.2, -0.15) is 5.26 Å². The molecule has 0 aliphatic carbocycles. The van der Waals surface area contributed by atoms with Crippen molar-refractivity contribution in [2.24, 2.45) is 0 Å². The molecule has 2 aromatic rings. The van der Waals surface area contributed by atoms with E-state index in [1.54, 1.807) is 18.2 Å². The van der Waals surface area contributed by atoms with Crippen LogP contribution in [0.15, 0.2) is 29.4 Å². The molecule has 8 heteroatoms. The van der Waals surface area contributed by atoms with Crippen molar-refractivity contribution in [3.63, 3.8) is 0 Å². The quantitative estimate of drug-likeness (QED) is 0.870. The first-order valence-corrected chi connectivity index (χ1v) is 7.91. The van der Waals surface area contributed by atoms with E-state index in [0.29, 0.717) is 5.02 Å². The van der Waals surface area contributed by atoms with Crippen molar-refractivity contribution in [2.75, 3.05) is 5.75 Å². The molecule has 0 saturated heterocycles. The topological polar surface area (TPSA) is 71.6 Å². The number of fused-ring (bicyclic) bond motifs is 1. The third kappa shape index (κ3) is 2.45. The van der Waals surface area contributed by atoms with Gasteiger partial charge in [-0.15, -0.1) is 5.10 Å². The minimum atomic E-state index is -1.64. The summed E-state index contributed by atoms with van der Waals surface area (Å²) in [4.78, 5) is 3.98. The number of hydrogen-bond acceptors (Lipinski definition) is 4. The van der Waals surface area contributed by atoms with Crippen LogP contribution in [-0.4, -0.2) is 24.7 Å². The van der Waals surface area contributed by atoms with Gasteiger partial charge >= 0.3 is 0 Å². The summed E-state index contributed by atoms with van der Waals surface area (Å²) >= 11 is 6.15. The van der Waals surface area contributed by atoms with E-state index >= 15 is 0 Å². The second-order valence-corrected chi connectivity index (χ2v) is 6.34. The fourth-order valence-electron chi connectivity index (χ4n) is 2.38. The molecule has 0 bridgehead atoms. The van der Waals surface area contributed by atoms with Gasteiger partial charge in [-0.25, -0.2) is 18.3 Å². The number of nitriles is 1. The van der Waals surface area contributed by atoms with Gasteiger partial charge in [-0.05, 0) is 11.6 Å². The first kappa shape index (κ1) is 14.2. The second-order valence-electron chi connectivity index (χ2n) is 4.59. The number of alkyl halides is 1. The minimum absolute atomic E-state index is 0.00838. The summed E-state index contributed by atoms with van der Waals surface area (Å²) in [5, 5.41) is 13.2. The number of benzene rings is 1. The van der Waals surface area contributed by atoms with E-state index in [4.69, 9.17) is 16.9 Å². The lowest BCUT2D eigenvalue weighted by Gasteiger charge is -2.13. The van der Waals surface area contributed by atoms with Gasteiger partial charge in [0.2, 0.25) is 5.16 Å². The zero-order valence-corrected chi connectivity index (χ0v) is 12.3. The first-order valence-electron chi connectivity index (χ1n) is 6.22. The van der Waals surface area contributed by atoms with Gasteiger partial charge < -0.3 is 0 Å². The Morgan fingerprint density at radius 3 is 3.00 bits per heavy atom. The summed E-state index contributed by atoms with van der Waals surface area (Å²) in [6.45, 7) is 0. The Bertz CT molecular complexity index is 757. The van der Waals surface area contributed by atoms with Crippen LogP contribution in [0, 0.1) is 11.3 Å². The van der Waals surface area contributed by atoms with Crippen LogP contribution in [0.25, 0.3) is 0 Å². The molecule has 1 aromatic heterocycles. The van der Waals surface area contributed by atoms with E-state index in [-0.39, 0.29) is 29.2 Å². The molecular weight excluding hydrogens is 315 g/mol. The molecule has 3 rings (SSSR count). The summed E-state index contributed by atoms with van der Waals surface area (Å²) in [5.41, 5.74) is 0.753. The van der Waals surface area contributed by atoms with Crippen LogP contribution in [0.2, 0.25) is 5.02 Å². The van der Waals surface area contributed by atoms with Gasteiger partial charge in [0, 0.05) is 11.4 Å². The van der Waals surface area contributed by atoms with Crippen LogP contribution in [0.5, 0.6) is 0 Å². The fraction of sp³-hybridized carbons (Fsp3) is 0.308. The van der Waals surface area contributed by atoms with Crippen LogP contribution in [0.4, 0.5) is 4.39 Å². The molecule has 0 amide bonds. The molecule has 0 saturated carbocycles. The largest absolute Gasteiger partial charge is 0.250 e. The van der Waals surface area contributed by atoms with E-state index in [1.165, 1.54) is 4.68 Å². The lowest BCUT2D eigenvalue weighted by atomic mass is 10.0. The number of hydrogen-bond donors (Lipinski definition) is 0. The highest BCUT2D eigenvalue weighted by Gasteiger charge is 2.36. The second kappa shape index (κ2) is 5.54. The van der Waals surface area contributed by atoms with E-state index in [0.717, 1.165) is 5.56 Å². The SMILES string of the molecule is N#CC[S@](=O)c1nc2n(n1)[C@@H](c1ccccc1Cl)C[C@H]2F. The monoisotopic (exact) mass is 324 g/mol. The van der Waals surface area contributed by atoms with Crippen LogP contribution >= 0.6 is 11.6 Å². The molecule has 0 radical (unpaired) electrons. The number of rotatable bonds is 3. The maximum absolute atomic E-state index is 14.1. The van der Waals surface area contributed by atoms with E-state index < -0.39 is 17.0 Å². The average Bonchev–Trinajstić information content (AvgIpc) is 3.01. The molecule has 3 atom stereocenters. The Morgan fingerprint density at radius 1 is 1.52 bits per heavy atom. The summed E-state index contributed by atoms with van der Waals surface area (Å²) in [7, 11) is -1.64. The Kier molecular flexibility index (Phi) is 3.74. The molecule has 0 unspecified atom stereocenters. The summed E-state index contributed by atoms with van der Waals surface area (Å²) in [5.74, 6) is -0.0711. The van der Waals surface area contributed by atoms with Gasteiger partial charge in [0.05, 0.1) is 12.1 Å². The number of nitrogens with zero attached hydrogens (tertiary/aromatic N) is 4. The normalized spacial score (nSPS) is 21.8. The predicted molar refractivity (Wildman–Crippen MR) is 75.0 cm³/mol. The van der Waals surface area contributed by atoms with Gasteiger partial charge in [0.15, 0.2) is 12.0 Å². The van der Waals surface area contributed by atoms with E-state index in [2.05, 4.69) is 10.1 Å². The van der Waals surface area contributed by atoms with Crippen LogP contribution in [-0.2, 0) is 10.8 Å². The first-order chi connectivity index (χ1) is 10.1. The van der Waals surface area contributed by atoms with Gasteiger partial charge in [0.1, 0.15) is 16.6 Å². The van der Waals surface area contributed by atoms with Crippen molar-refractivity contribution in [2.45, 2.75) is 23.8 Å². The van der Waals surface area contributed by atoms with Crippen molar-refractivity contribution in [1.29, 1.82) is 5.26 Å². The molecule has 21 heavy (non-hydrogen) atoms. The predicted octanol–water partition coefficient (Wildman–Crippen LogP) is 2.57. The summed E-state index contributed by atoms with van der Waals surface area (Å²) in [6, 6.07) is 8.57. The van der Waals surface area contributed by atoms with Gasteiger partial charge in [0.25, 0.3) is 0 Å². The zero-order chi connectivity index (χ0) is 15.0. The maximum atomic E-state index is 14.1. The standard InChI is InChI=1S/C13H10ClFN4OS/c14-9-4-2-1-3-8(9)11-7-10(15)12-17-13(18-19(11)12)21(20)6-5-16/h1-4,10-11H,6-7H2/t10-,11-,21+/m1/s1. The van der Waals surface area contributed by atoms with Gasteiger partial charge in [-0.1, -0.05) is 29.8 Å². The van der Waals surface area contributed by atoms with Crippen LogP contribution < -0.4 is 0 Å². The van der Waals surface area contributed by atoms with E-state index in [9.17, 15) is 8.60 Å². The molecular formula is C13H10ClFN4OS. The van der Waals surface area contributed by atoms with Crippen LogP contribution in [0.1, 0.15) is 30.0 Å². The lowest BCUT2D eigenvalue weighted by Crippen LogP contribution is -2.09. The van der Waals surface area contributed by atoms with Crippen molar-refractivity contribution in [3.8, 4) is 6.07 Å². The number of halogens is 2. The van der Waals surface area contributed by atoms with E-state index in [1.807, 2.05) is 12.1 Å². The maximum Gasteiger partial charge on any atom is 0.240 e. The Balaban J connectivity index is 2.02.